The van der Waals surface area contributed by atoms with E-state index in [0.717, 1.165) is 19.5 Å². The lowest BCUT2D eigenvalue weighted by Gasteiger charge is -2.42. The van der Waals surface area contributed by atoms with Crippen molar-refractivity contribution in [3.05, 3.63) is 11.5 Å². The van der Waals surface area contributed by atoms with Crippen molar-refractivity contribution in [2.24, 2.45) is 0 Å². The second kappa shape index (κ2) is 6.66. The monoisotopic (exact) mass is 331 g/mol. The largest absolute Gasteiger partial charge is 0.379 e. The van der Waals surface area contributed by atoms with Gasteiger partial charge in [0.05, 0.1) is 13.2 Å². The molecule has 1 fully saturated rings. The van der Waals surface area contributed by atoms with E-state index >= 15 is 0 Å². The first-order chi connectivity index (χ1) is 10.3. The van der Waals surface area contributed by atoms with Crippen molar-refractivity contribution in [3.63, 3.8) is 0 Å². The zero-order chi connectivity index (χ0) is 16.4. The molecule has 1 saturated heterocycles. The molecule has 1 atom stereocenters. The second-order valence-corrected chi connectivity index (χ2v) is 7.63. The Morgan fingerprint density at radius 2 is 1.95 bits per heavy atom. The summed E-state index contributed by atoms with van der Waals surface area (Å²) < 4.78 is 38.1. The van der Waals surface area contributed by atoms with Crippen LogP contribution in [0, 0.1) is 13.8 Å². The maximum atomic E-state index is 12.5. The van der Waals surface area contributed by atoms with Gasteiger partial charge in [0.25, 0.3) is 0 Å². The van der Waals surface area contributed by atoms with Gasteiger partial charge in [0.1, 0.15) is 10.6 Å². The highest BCUT2D eigenvalue weighted by atomic mass is 32.2. The Bertz CT molecular complexity index is 588. The number of sulfonamides is 1. The summed E-state index contributed by atoms with van der Waals surface area (Å²) >= 11 is 0. The number of nitrogens with one attached hydrogen (secondary N) is 1. The highest BCUT2D eigenvalue weighted by Gasteiger charge is 2.34. The predicted molar refractivity (Wildman–Crippen MR) is 82.3 cm³/mol. The molecule has 2 rings (SSSR count). The van der Waals surface area contributed by atoms with E-state index in [1.54, 1.807) is 13.8 Å². The summed E-state index contributed by atoms with van der Waals surface area (Å²) in [6, 6.07) is 0. The molecule has 126 valence electrons. The molecule has 1 aliphatic rings. The average molecular weight is 331 g/mol. The van der Waals surface area contributed by atoms with E-state index in [0.29, 0.717) is 31.2 Å². The standard InChI is InChI=1S/C14H25N3O4S/c1-5-14(4,17-6-8-20-9-7-17)10-15-22(18,19)13-11(2)16-21-12(13)3/h15H,5-10H2,1-4H3/t14-/m1/s1. The summed E-state index contributed by atoms with van der Waals surface area (Å²) in [5.41, 5.74) is 0.144. The van der Waals surface area contributed by atoms with Crippen LogP contribution in [0.25, 0.3) is 0 Å². The van der Waals surface area contributed by atoms with Gasteiger partial charge in [0.15, 0.2) is 5.76 Å². The van der Waals surface area contributed by atoms with E-state index in [1.807, 2.05) is 0 Å². The van der Waals surface area contributed by atoms with Crippen LogP contribution in [0.1, 0.15) is 31.7 Å². The molecule has 0 bridgehead atoms. The number of hydrogen-bond acceptors (Lipinski definition) is 6. The summed E-state index contributed by atoms with van der Waals surface area (Å²) in [6.07, 6.45) is 0.844. The Hall–Kier alpha value is -0.960. The summed E-state index contributed by atoms with van der Waals surface area (Å²) in [5.74, 6) is 0.314. The van der Waals surface area contributed by atoms with Crippen LogP contribution in [-0.4, -0.2) is 56.9 Å². The molecule has 0 aliphatic carbocycles. The number of ether oxygens (including phenoxy) is 1. The Balaban J connectivity index is 2.12. The minimum Gasteiger partial charge on any atom is -0.379 e. The molecule has 22 heavy (non-hydrogen) atoms. The van der Waals surface area contributed by atoms with E-state index in [9.17, 15) is 8.42 Å². The van der Waals surface area contributed by atoms with Gasteiger partial charge in [-0.3, -0.25) is 4.90 Å². The molecule has 0 spiro atoms. The third-order valence-electron chi connectivity index (χ3n) is 4.42. The number of morpholine rings is 1. The van der Waals surface area contributed by atoms with Crippen molar-refractivity contribution in [1.29, 1.82) is 0 Å². The van der Waals surface area contributed by atoms with Crippen LogP contribution in [-0.2, 0) is 14.8 Å². The summed E-state index contributed by atoms with van der Waals surface area (Å²) in [5, 5.41) is 3.72. The van der Waals surface area contributed by atoms with Gasteiger partial charge < -0.3 is 9.26 Å². The van der Waals surface area contributed by atoms with Crippen LogP contribution in [0.15, 0.2) is 9.42 Å². The maximum Gasteiger partial charge on any atom is 0.246 e. The molecule has 1 N–H and O–H groups in total. The molecule has 8 heteroatoms. The van der Waals surface area contributed by atoms with Crippen LogP contribution >= 0.6 is 0 Å². The molecule has 0 saturated carbocycles. The van der Waals surface area contributed by atoms with Crippen LogP contribution in [0.4, 0.5) is 0 Å². The predicted octanol–water partition coefficient (Wildman–Crippen LogP) is 1.07. The lowest BCUT2D eigenvalue weighted by atomic mass is 9.96. The molecule has 7 nitrogen and oxygen atoms in total. The molecular weight excluding hydrogens is 306 g/mol. The molecule has 2 heterocycles. The number of nitrogens with zero attached hydrogens (tertiary/aromatic N) is 2. The van der Waals surface area contributed by atoms with Gasteiger partial charge in [0, 0.05) is 25.2 Å². The van der Waals surface area contributed by atoms with Gasteiger partial charge in [-0.15, -0.1) is 0 Å². The quantitative estimate of drug-likeness (QED) is 0.839. The summed E-state index contributed by atoms with van der Waals surface area (Å²) in [6.45, 7) is 10.7. The fourth-order valence-corrected chi connectivity index (χ4v) is 4.23. The van der Waals surface area contributed by atoms with Crippen LogP contribution in [0.3, 0.4) is 0 Å². The molecule has 1 aromatic heterocycles. The lowest BCUT2D eigenvalue weighted by Crippen LogP contribution is -2.56. The number of rotatable bonds is 6. The van der Waals surface area contributed by atoms with Crippen molar-refractivity contribution in [2.45, 2.75) is 44.6 Å². The normalized spacial score (nSPS) is 20.0. The van der Waals surface area contributed by atoms with Crippen LogP contribution in [0.2, 0.25) is 0 Å². The van der Waals surface area contributed by atoms with Gasteiger partial charge in [-0.1, -0.05) is 12.1 Å². The van der Waals surface area contributed by atoms with Crippen LogP contribution in [0.5, 0.6) is 0 Å². The van der Waals surface area contributed by atoms with Gasteiger partial charge in [-0.25, -0.2) is 13.1 Å². The minimum absolute atomic E-state index is 0.146. The first kappa shape index (κ1) is 17.4. The smallest absolute Gasteiger partial charge is 0.246 e. The topological polar surface area (TPSA) is 84.7 Å². The first-order valence-corrected chi connectivity index (χ1v) is 9.04. The van der Waals surface area contributed by atoms with Gasteiger partial charge in [-0.2, -0.15) is 0 Å². The van der Waals surface area contributed by atoms with Crippen molar-refractivity contribution in [3.8, 4) is 0 Å². The van der Waals surface area contributed by atoms with Gasteiger partial charge >= 0.3 is 0 Å². The van der Waals surface area contributed by atoms with Crippen molar-refractivity contribution in [1.82, 2.24) is 14.8 Å². The van der Waals surface area contributed by atoms with E-state index in [4.69, 9.17) is 9.26 Å². The van der Waals surface area contributed by atoms with Gasteiger partial charge in [0.2, 0.25) is 10.0 Å². The Morgan fingerprint density at radius 1 is 1.32 bits per heavy atom. The zero-order valence-electron chi connectivity index (χ0n) is 13.7. The van der Waals surface area contributed by atoms with E-state index < -0.39 is 10.0 Å². The van der Waals surface area contributed by atoms with Crippen molar-refractivity contribution >= 4 is 10.0 Å². The molecular formula is C14H25N3O4S. The molecule has 0 radical (unpaired) electrons. The van der Waals surface area contributed by atoms with Crippen molar-refractivity contribution < 1.29 is 17.7 Å². The fraction of sp³-hybridized carbons (Fsp3) is 0.786. The van der Waals surface area contributed by atoms with Crippen LogP contribution < -0.4 is 4.72 Å². The molecule has 0 unspecified atom stereocenters. The van der Waals surface area contributed by atoms with E-state index in [1.165, 1.54) is 0 Å². The second-order valence-electron chi connectivity index (χ2n) is 5.93. The SMILES string of the molecule is CC[C@](C)(CNS(=O)(=O)c1c(C)noc1C)N1CCOCC1. The first-order valence-electron chi connectivity index (χ1n) is 7.55. The lowest BCUT2D eigenvalue weighted by molar-refractivity contribution is -0.0157. The molecule has 0 amide bonds. The Kier molecular flexibility index (Phi) is 5.26. The Labute approximate surface area is 132 Å². The number of hydrogen-bond donors (Lipinski definition) is 1. The third kappa shape index (κ3) is 3.51. The highest BCUT2D eigenvalue weighted by Crippen LogP contribution is 2.23. The average Bonchev–Trinajstić information content (AvgIpc) is 2.85. The fourth-order valence-electron chi connectivity index (χ4n) is 2.74. The third-order valence-corrected chi connectivity index (χ3v) is 6.06. The van der Waals surface area contributed by atoms with E-state index in [-0.39, 0.29) is 10.4 Å². The number of aromatic nitrogens is 1. The minimum atomic E-state index is -3.62. The highest BCUT2D eigenvalue weighted by molar-refractivity contribution is 7.89. The molecule has 1 aliphatic heterocycles. The summed E-state index contributed by atoms with van der Waals surface area (Å²) in [4.78, 5) is 2.43. The molecule has 0 aromatic carbocycles. The van der Waals surface area contributed by atoms with E-state index in [2.05, 4.69) is 28.6 Å². The molecule has 1 aromatic rings. The Morgan fingerprint density at radius 3 is 2.45 bits per heavy atom. The van der Waals surface area contributed by atoms with Gasteiger partial charge in [-0.05, 0) is 27.2 Å². The maximum absolute atomic E-state index is 12.5. The van der Waals surface area contributed by atoms with Crippen molar-refractivity contribution in [2.75, 3.05) is 32.8 Å². The summed E-state index contributed by atoms with van der Waals surface area (Å²) in [7, 11) is -3.62. The number of aryl methyl sites for hydroxylation is 2. The zero-order valence-corrected chi connectivity index (χ0v) is 14.5.